The molecule has 0 radical (unpaired) electrons. The maximum Gasteiger partial charge on any atom is 0.354 e. The first-order valence-corrected chi connectivity index (χ1v) is 7.12. The fraction of sp³-hybridized carbons (Fsp3) is 0.353. The molecule has 2 aromatic rings. The molecule has 0 bridgehead atoms. The number of H-pyrrole nitrogens is 1. The molecule has 3 rings (SSSR count). The van der Waals surface area contributed by atoms with Gasteiger partial charge in [-0.05, 0) is 48.8 Å². The second kappa shape index (κ2) is 5.53. The number of esters is 1. The minimum absolute atomic E-state index is 0.277. The van der Waals surface area contributed by atoms with E-state index in [0.29, 0.717) is 11.6 Å². The van der Waals surface area contributed by atoms with Crippen molar-refractivity contribution in [2.24, 2.45) is 0 Å². The predicted molar refractivity (Wildman–Crippen MR) is 78.0 cm³/mol. The van der Waals surface area contributed by atoms with E-state index in [4.69, 9.17) is 4.74 Å². The van der Waals surface area contributed by atoms with Crippen LogP contribution in [-0.4, -0.2) is 18.1 Å². The summed E-state index contributed by atoms with van der Waals surface area (Å²) in [6.45, 7) is 0. The van der Waals surface area contributed by atoms with Gasteiger partial charge in [0.25, 0.3) is 0 Å². The van der Waals surface area contributed by atoms with Crippen molar-refractivity contribution in [2.75, 3.05) is 7.11 Å². The van der Waals surface area contributed by atoms with E-state index in [1.807, 2.05) is 12.1 Å². The lowest BCUT2D eigenvalue weighted by atomic mass is 9.95. The zero-order chi connectivity index (χ0) is 13.9. The van der Waals surface area contributed by atoms with Crippen LogP contribution >= 0.6 is 0 Å². The number of hydrogen-bond acceptors (Lipinski definition) is 2. The molecular weight excluding hydrogens is 250 g/mol. The third-order valence-corrected chi connectivity index (χ3v) is 4.15. The molecule has 1 aromatic heterocycles. The maximum absolute atomic E-state index is 11.6. The minimum atomic E-state index is -0.277. The van der Waals surface area contributed by atoms with Crippen molar-refractivity contribution in [3.8, 4) is 0 Å². The Bertz CT molecular complexity index is 601. The van der Waals surface area contributed by atoms with Crippen molar-refractivity contribution in [1.29, 1.82) is 0 Å². The first-order valence-electron chi connectivity index (χ1n) is 7.12. The number of hydrogen-bond donors (Lipinski definition) is 1. The van der Waals surface area contributed by atoms with E-state index in [0.717, 1.165) is 19.3 Å². The Morgan fingerprint density at radius 2 is 2.15 bits per heavy atom. The average Bonchev–Trinajstić information content (AvgIpc) is 3.06. The second-order valence-corrected chi connectivity index (χ2v) is 5.37. The molecule has 0 aliphatic heterocycles. The topological polar surface area (TPSA) is 42.1 Å². The molecule has 0 spiro atoms. The van der Waals surface area contributed by atoms with Crippen LogP contribution in [0.2, 0.25) is 0 Å². The SMILES string of the molecule is COC(=O)c1cc2c([nH]1)CCC2CCc1ccccc1. The van der Waals surface area contributed by atoms with Crippen LogP contribution in [-0.2, 0) is 17.6 Å². The van der Waals surface area contributed by atoms with Gasteiger partial charge in [0.2, 0.25) is 0 Å². The Morgan fingerprint density at radius 1 is 1.35 bits per heavy atom. The van der Waals surface area contributed by atoms with Gasteiger partial charge in [-0.15, -0.1) is 0 Å². The molecule has 1 unspecified atom stereocenters. The lowest BCUT2D eigenvalue weighted by Gasteiger charge is -2.09. The molecular formula is C17H19NO2. The summed E-state index contributed by atoms with van der Waals surface area (Å²) in [5, 5.41) is 0. The highest BCUT2D eigenvalue weighted by Crippen LogP contribution is 2.36. The summed E-state index contributed by atoms with van der Waals surface area (Å²) < 4.78 is 4.77. The zero-order valence-corrected chi connectivity index (χ0v) is 11.7. The first-order chi connectivity index (χ1) is 9.78. The summed E-state index contributed by atoms with van der Waals surface area (Å²) in [4.78, 5) is 14.7. The summed E-state index contributed by atoms with van der Waals surface area (Å²) in [5.74, 6) is 0.279. The van der Waals surface area contributed by atoms with E-state index in [1.54, 1.807) is 0 Å². The standard InChI is InChI=1S/C17H19NO2/c1-20-17(19)16-11-14-13(9-10-15(14)18-16)8-7-12-5-3-2-4-6-12/h2-6,11,13,18H,7-10H2,1H3. The van der Waals surface area contributed by atoms with E-state index in [9.17, 15) is 4.79 Å². The Balaban J connectivity index is 1.69. The normalized spacial score (nSPS) is 16.9. The summed E-state index contributed by atoms with van der Waals surface area (Å²) in [5.41, 5.74) is 4.48. The van der Waals surface area contributed by atoms with Gasteiger partial charge in [-0.25, -0.2) is 4.79 Å². The third kappa shape index (κ3) is 2.48. The molecule has 3 heteroatoms. The molecule has 104 valence electrons. The van der Waals surface area contributed by atoms with Crippen LogP contribution < -0.4 is 0 Å². The van der Waals surface area contributed by atoms with Crippen molar-refractivity contribution >= 4 is 5.97 Å². The van der Waals surface area contributed by atoms with Gasteiger partial charge >= 0.3 is 5.97 Å². The number of methoxy groups -OCH3 is 1. The van der Waals surface area contributed by atoms with Crippen molar-refractivity contribution in [1.82, 2.24) is 4.98 Å². The molecule has 0 fully saturated rings. The molecule has 0 saturated carbocycles. The summed E-state index contributed by atoms with van der Waals surface area (Å²) >= 11 is 0. The van der Waals surface area contributed by atoms with E-state index >= 15 is 0 Å². The molecule has 20 heavy (non-hydrogen) atoms. The van der Waals surface area contributed by atoms with Crippen LogP contribution in [0.25, 0.3) is 0 Å². The molecule has 1 atom stereocenters. The van der Waals surface area contributed by atoms with E-state index in [2.05, 4.69) is 29.2 Å². The number of benzene rings is 1. The largest absolute Gasteiger partial charge is 0.464 e. The predicted octanol–water partition coefficient (Wildman–Crippen LogP) is 3.46. The number of aromatic amines is 1. The van der Waals surface area contributed by atoms with Gasteiger partial charge in [-0.2, -0.15) is 0 Å². The molecule has 1 aliphatic carbocycles. The fourth-order valence-corrected chi connectivity index (χ4v) is 3.06. The van der Waals surface area contributed by atoms with Crippen LogP contribution in [0, 0.1) is 0 Å². The van der Waals surface area contributed by atoms with Crippen LogP contribution in [0.5, 0.6) is 0 Å². The number of carbonyl (C=O) groups is 1. The van der Waals surface area contributed by atoms with Crippen LogP contribution in [0.1, 0.15) is 46.1 Å². The summed E-state index contributed by atoms with van der Waals surface area (Å²) in [6, 6.07) is 12.5. The number of fused-ring (bicyclic) bond motifs is 1. The van der Waals surface area contributed by atoms with Crippen LogP contribution in [0.3, 0.4) is 0 Å². The van der Waals surface area contributed by atoms with Gasteiger partial charge in [0.1, 0.15) is 5.69 Å². The van der Waals surface area contributed by atoms with E-state index < -0.39 is 0 Å². The minimum Gasteiger partial charge on any atom is -0.464 e. The highest BCUT2D eigenvalue weighted by Gasteiger charge is 2.26. The summed E-state index contributed by atoms with van der Waals surface area (Å²) in [6.07, 6.45) is 4.43. The van der Waals surface area contributed by atoms with Crippen molar-refractivity contribution in [3.05, 3.63) is 58.9 Å². The van der Waals surface area contributed by atoms with Gasteiger partial charge in [0.05, 0.1) is 7.11 Å². The molecule has 1 aromatic carbocycles. The lowest BCUT2D eigenvalue weighted by Crippen LogP contribution is -2.02. The van der Waals surface area contributed by atoms with Crippen LogP contribution in [0.15, 0.2) is 36.4 Å². The maximum atomic E-state index is 11.6. The first kappa shape index (κ1) is 13.0. The van der Waals surface area contributed by atoms with Gasteiger partial charge in [0.15, 0.2) is 0 Å². The number of rotatable bonds is 4. The Labute approximate surface area is 119 Å². The molecule has 1 aliphatic rings. The number of nitrogens with one attached hydrogen (secondary N) is 1. The molecule has 1 N–H and O–H groups in total. The Hall–Kier alpha value is -2.03. The Kier molecular flexibility index (Phi) is 3.59. The second-order valence-electron chi connectivity index (χ2n) is 5.37. The van der Waals surface area contributed by atoms with Gasteiger partial charge in [-0.3, -0.25) is 0 Å². The number of ether oxygens (including phenoxy) is 1. The fourth-order valence-electron chi connectivity index (χ4n) is 3.06. The van der Waals surface area contributed by atoms with Crippen molar-refractivity contribution < 1.29 is 9.53 Å². The monoisotopic (exact) mass is 269 g/mol. The molecule has 1 heterocycles. The van der Waals surface area contributed by atoms with Gasteiger partial charge in [0, 0.05) is 5.69 Å². The van der Waals surface area contributed by atoms with Crippen molar-refractivity contribution in [2.45, 2.75) is 31.6 Å². The number of aromatic nitrogens is 1. The summed E-state index contributed by atoms with van der Waals surface area (Å²) in [7, 11) is 1.42. The highest BCUT2D eigenvalue weighted by molar-refractivity contribution is 5.87. The van der Waals surface area contributed by atoms with E-state index in [-0.39, 0.29) is 5.97 Å². The Morgan fingerprint density at radius 3 is 2.90 bits per heavy atom. The van der Waals surface area contributed by atoms with Gasteiger partial charge < -0.3 is 9.72 Å². The van der Waals surface area contributed by atoms with Gasteiger partial charge in [-0.1, -0.05) is 30.3 Å². The lowest BCUT2D eigenvalue weighted by molar-refractivity contribution is 0.0594. The van der Waals surface area contributed by atoms with Crippen molar-refractivity contribution in [3.63, 3.8) is 0 Å². The van der Waals surface area contributed by atoms with Crippen LogP contribution in [0.4, 0.5) is 0 Å². The average molecular weight is 269 g/mol. The van der Waals surface area contributed by atoms with E-state index in [1.165, 1.54) is 30.4 Å². The molecule has 3 nitrogen and oxygen atoms in total. The third-order valence-electron chi connectivity index (χ3n) is 4.15. The zero-order valence-electron chi connectivity index (χ0n) is 11.7. The quantitative estimate of drug-likeness (QED) is 0.864. The smallest absolute Gasteiger partial charge is 0.354 e. The molecule has 0 amide bonds. The highest BCUT2D eigenvalue weighted by atomic mass is 16.5. The number of carbonyl (C=O) groups excluding carboxylic acids is 1. The molecule has 0 saturated heterocycles. The number of aryl methyl sites for hydroxylation is 2.